The number of nitrogens with zero attached hydrogens (tertiary/aromatic N) is 2. The Balaban J connectivity index is 3.26. The van der Waals surface area contributed by atoms with E-state index < -0.39 is 10.8 Å². The van der Waals surface area contributed by atoms with Crippen LogP contribution < -0.4 is 0 Å². The summed E-state index contributed by atoms with van der Waals surface area (Å²) in [5, 5.41) is 8.90. The molecule has 0 saturated heterocycles. The maximum Gasteiger partial charge on any atom is 0.144 e. The first kappa shape index (κ1) is 7.89. The zero-order valence-electron chi connectivity index (χ0n) is 5.94. The Hall–Kier alpha value is -1.21. The minimum absolute atomic E-state index is 0.356. The summed E-state index contributed by atoms with van der Waals surface area (Å²) in [4.78, 5) is 3.83. The smallest absolute Gasteiger partial charge is 0.144 e. The minimum atomic E-state index is -1.17. The number of hydrogen-bond acceptors (Lipinski definition) is 3. The fourth-order valence-corrected chi connectivity index (χ4v) is 1.34. The first-order valence-electron chi connectivity index (χ1n) is 2.94. The molecular formula is C7H6N2OS. The van der Waals surface area contributed by atoms with E-state index in [1.54, 1.807) is 12.1 Å². The molecule has 1 unspecified atom stereocenters. The lowest BCUT2D eigenvalue weighted by molar-refractivity contribution is 0.684. The molecule has 3 nitrogen and oxygen atoms in total. The van der Waals surface area contributed by atoms with Gasteiger partial charge in [0.1, 0.15) is 11.1 Å². The predicted octanol–water partition coefficient (Wildman–Crippen LogP) is 0.691. The molecule has 56 valence electrons. The maximum absolute atomic E-state index is 10.9. The molecule has 0 saturated carbocycles. The molecule has 0 bridgehead atoms. The lowest BCUT2D eigenvalue weighted by Crippen LogP contribution is -1.95. The van der Waals surface area contributed by atoms with Gasteiger partial charge in [0.2, 0.25) is 0 Å². The Morgan fingerprint density at radius 2 is 2.45 bits per heavy atom. The Morgan fingerprint density at radius 3 is 2.91 bits per heavy atom. The standard InChI is InChI=1S/C7H6N2OS/c1-11(10)7-6(5-8)3-2-4-9-7/h2-4H,1H3. The number of aromatic nitrogens is 1. The monoisotopic (exact) mass is 166 g/mol. The first-order chi connectivity index (χ1) is 5.25. The third-order valence-corrected chi connectivity index (χ3v) is 2.03. The van der Waals surface area contributed by atoms with Gasteiger partial charge in [0.25, 0.3) is 0 Å². The number of nitriles is 1. The molecule has 1 aromatic heterocycles. The van der Waals surface area contributed by atoms with Crippen LogP contribution in [0.3, 0.4) is 0 Å². The van der Waals surface area contributed by atoms with E-state index in [0.717, 1.165) is 0 Å². The molecule has 1 atom stereocenters. The van der Waals surface area contributed by atoms with Gasteiger partial charge in [-0.15, -0.1) is 0 Å². The molecule has 0 spiro atoms. The van der Waals surface area contributed by atoms with Crippen molar-refractivity contribution in [2.75, 3.05) is 6.26 Å². The van der Waals surface area contributed by atoms with Crippen LogP contribution in [0.5, 0.6) is 0 Å². The zero-order chi connectivity index (χ0) is 8.27. The number of hydrogen-bond donors (Lipinski definition) is 0. The molecule has 0 aromatic carbocycles. The van der Waals surface area contributed by atoms with Gasteiger partial charge >= 0.3 is 0 Å². The highest BCUT2D eigenvalue weighted by molar-refractivity contribution is 7.84. The topological polar surface area (TPSA) is 53.8 Å². The van der Waals surface area contributed by atoms with Crippen molar-refractivity contribution in [3.63, 3.8) is 0 Å². The van der Waals surface area contributed by atoms with Gasteiger partial charge in [-0.1, -0.05) is 0 Å². The average Bonchev–Trinajstić information content (AvgIpc) is 2.04. The second-order valence-electron chi connectivity index (χ2n) is 1.92. The fourth-order valence-electron chi connectivity index (χ4n) is 0.705. The first-order valence-corrected chi connectivity index (χ1v) is 4.50. The summed E-state index contributed by atoms with van der Waals surface area (Å²) >= 11 is 0. The maximum atomic E-state index is 10.9. The molecule has 0 amide bonds. The van der Waals surface area contributed by atoms with E-state index in [0.29, 0.717) is 10.6 Å². The molecule has 0 radical (unpaired) electrons. The number of rotatable bonds is 1. The van der Waals surface area contributed by atoms with E-state index in [1.165, 1.54) is 12.5 Å². The zero-order valence-corrected chi connectivity index (χ0v) is 6.76. The second kappa shape index (κ2) is 3.26. The lowest BCUT2D eigenvalue weighted by Gasteiger charge is -1.95. The van der Waals surface area contributed by atoms with Crippen molar-refractivity contribution >= 4 is 10.8 Å². The van der Waals surface area contributed by atoms with Gasteiger partial charge in [-0.25, -0.2) is 4.98 Å². The van der Waals surface area contributed by atoms with Crippen LogP contribution in [0.2, 0.25) is 0 Å². The van der Waals surface area contributed by atoms with Crippen LogP contribution in [-0.4, -0.2) is 15.4 Å². The molecule has 1 rings (SSSR count). The highest BCUT2D eigenvalue weighted by atomic mass is 32.2. The van der Waals surface area contributed by atoms with E-state index in [2.05, 4.69) is 4.98 Å². The molecule has 0 aliphatic heterocycles. The summed E-state index contributed by atoms with van der Waals surface area (Å²) < 4.78 is 10.9. The van der Waals surface area contributed by atoms with E-state index in [4.69, 9.17) is 5.26 Å². The van der Waals surface area contributed by atoms with Gasteiger partial charge in [-0.05, 0) is 12.1 Å². The molecular weight excluding hydrogens is 160 g/mol. The normalized spacial score (nSPS) is 12.0. The van der Waals surface area contributed by atoms with Gasteiger partial charge in [0.05, 0.1) is 16.4 Å². The third-order valence-electron chi connectivity index (χ3n) is 1.16. The van der Waals surface area contributed by atoms with Gasteiger partial charge in [0, 0.05) is 12.5 Å². The highest BCUT2D eigenvalue weighted by Crippen LogP contribution is 2.06. The molecule has 0 aliphatic rings. The van der Waals surface area contributed by atoms with Crippen molar-refractivity contribution in [3.8, 4) is 6.07 Å². The van der Waals surface area contributed by atoms with Crippen molar-refractivity contribution in [2.24, 2.45) is 0 Å². The van der Waals surface area contributed by atoms with Crippen LogP contribution in [-0.2, 0) is 10.8 Å². The Bertz CT molecular complexity index is 329. The van der Waals surface area contributed by atoms with E-state index >= 15 is 0 Å². The van der Waals surface area contributed by atoms with Crippen LogP contribution in [0.25, 0.3) is 0 Å². The van der Waals surface area contributed by atoms with E-state index in [9.17, 15) is 4.21 Å². The van der Waals surface area contributed by atoms with Gasteiger partial charge in [0.15, 0.2) is 0 Å². The molecule has 1 aromatic rings. The summed E-state index contributed by atoms with van der Waals surface area (Å²) in [6.45, 7) is 0. The largest absolute Gasteiger partial charge is 0.253 e. The minimum Gasteiger partial charge on any atom is -0.253 e. The van der Waals surface area contributed by atoms with Crippen molar-refractivity contribution in [1.29, 1.82) is 5.26 Å². The van der Waals surface area contributed by atoms with E-state index in [-0.39, 0.29) is 0 Å². The summed E-state index contributed by atoms with van der Waals surface area (Å²) in [5.41, 5.74) is 0.383. The third kappa shape index (κ3) is 1.63. The Morgan fingerprint density at radius 1 is 1.73 bits per heavy atom. The molecule has 0 fully saturated rings. The summed E-state index contributed by atoms with van der Waals surface area (Å²) in [5.74, 6) is 0. The number of pyridine rings is 1. The van der Waals surface area contributed by atoms with E-state index in [1.807, 2.05) is 6.07 Å². The predicted molar refractivity (Wildman–Crippen MR) is 41.3 cm³/mol. The van der Waals surface area contributed by atoms with Gasteiger partial charge < -0.3 is 0 Å². The lowest BCUT2D eigenvalue weighted by atomic mass is 10.3. The van der Waals surface area contributed by atoms with Crippen LogP contribution >= 0.6 is 0 Å². The van der Waals surface area contributed by atoms with Crippen molar-refractivity contribution in [3.05, 3.63) is 23.9 Å². The van der Waals surface area contributed by atoms with Crippen molar-refractivity contribution in [2.45, 2.75) is 5.03 Å². The summed E-state index contributed by atoms with van der Waals surface area (Å²) in [6, 6.07) is 5.17. The van der Waals surface area contributed by atoms with Crippen LogP contribution in [0, 0.1) is 11.3 Å². The summed E-state index contributed by atoms with van der Waals surface area (Å²) in [7, 11) is -1.17. The Kier molecular flexibility index (Phi) is 2.34. The van der Waals surface area contributed by atoms with Crippen molar-refractivity contribution in [1.82, 2.24) is 4.98 Å². The van der Waals surface area contributed by atoms with Gasteiger partial charge in [-0.2, -0.15) is 5.26 Å². The molecule has 4 heteroatoms. The second-order valence-corrected chi connectivity index (χ2v) is 3.22. The van der Waals surface area contributed by atoms with Crippen LogP contribution in [0.1, 0.15) is 5.56 Å². The van der Waals surface area contributed by atoms with Gasteiger partial charge in [-0.3, -0.25) is 4.21 Å². The van der Waals surface area contributed by atoms with Crippen molar-refractivity contribution < 1.29 is 4.21 Å². The quantitative estimate of drug-likeness (QED) is 0.616. The highest BCUT2D eigenvalue weighted by Gasteiger charge is 2.04. The fraction of sp³-hybridized carbons (Fsp3) is 0.143. The van der Waals surface area contributed by atoms with Crippen LogP contribution in [0.15, 0.2) is 23.4 Å². The molecule has 0 aliphatic carbocycles. The SMILES string of the molecule is CS(=O)c1ncccc1C#N. The van der Waals surface area contributed by atoms with Crippen LogP contribution in [0.4, 0.5) is 0 Å². The molecule has 1 heterocycles. The average molecular weight is 166 g/mol. The molecule has 0 N–H and O–H groups in total. The summed E-state index contributed by atoms with van der Waals surface area (Å²) in [6.07, 6.45) is 3.03. The molecule has 11 heavy (non-hydrogen) atoms. The Labute approximate surface area is 67.1 Å².